The lowest BCUT2D eigenvalue weighted by Gasteiger charge is -2.24. The van der Waals surface area contributed by atoms with E-state index in [1.807, 2.05) is 27.7 Å². The van der Waals surface area contributed by atoms with Crippen LogP contribution in [-0.2, 0) is 17.3 Å². The van der Waals surface area contributed by atoms with Crippen LogP contribution in [0.4, 0.5) is 0 Å². The standard InChI is InChI=1S/C24H29N3.C3H9P.2C2H6/c1-8-15-13-19(23(2,3)4)25-17-14-20(24(5,6)7)27-18-12-10-9-11-16(18)26-22(27)21(15)17;1-3-4-2;2*1-2/h9-14H,8H2,1-7H3;4H,3H2,1-2H3;2*1-2H3. The number of benzene rings is 1. The molecule has 0 bridgehead atoms. The number of hydrogen-bond acceptors (Lipinski definition) is 2. The molecule has 0 saturated carbocycles. The van der Waals surface area contributed by atoms with Crippen LogP contribution in [0, 0.1) is 0 Å². The lowest BCUT2D eigenvalue weighted by Crippen LogP contribution is -2.18. The molecule has 4 aromatic rings. The molecule has 4 heteroatoms. The van der Waals surface area contributed by atoms with Crippen molar-refractivity contribution in [2.45, 2.75) is 100 Å². The van der Waals surface area contributed by atoms with Crippen molar-refractivity contribution < 1.29 is 0 Å². The quantitative estimate of drug-likeness (QED) is 0.259. The zero-order valence-electron chi connectivity index (χ0n) is 24.7. The SMILES string of the molecule is CC.CC.CCPC.CCc1cc(C(C)(C)C)nc2cc(C(C)(C)C)n3c4ccccc4nc3c12. The highest BCUT2D eigenvalue weighted by Gasteiger charge is 2.25. The fourth-order valence-corrected chi connectivity index (χ4v) is 3.83. The average molecular weight is 496 g/mol. The fourth-order valence-electron chi connectivity index (χ4n) is 3.83. The third-order valence-electron chi connectivity index (χ3n) is 5.70. The van der Waals surface area contributed by atoms with Crippen molar-refractivity contribution in [3.05, 3.63) is 53.3 Å². The number of aryl methyl sites for hydroxylation is 1. The Hall–Kier alpha value is -1.99. The van der Waals surface area contributed by atoms with Crippen molar-refractivity contribution in [1.82, 2.24) is 14.4 Å². The summed E-state index contributed by atoms with van der Waals surface area (Å²) in [6.45, 7) is 28.1. The number of para-hydroxylation sites is 2. The van der Waals surface area contributed by atoms with E-state index < -0.39 is 0 Å². The van der Waals surface area contributed by atoms with E-state index in [-0.39, 0.29) is 10.8 Å². The van der Waals surface area contributed by atoms with E-state index in [2.05, 4.69) is 103 Å². The number of hydrogen-bond donors (Lipinski definition) is 0. The van der Waals surface area contributed by atoms with E-state index in [0.29, 0.717) is 0 Å². The van der Waals surface area contributed by atoms with E-state index in [4.69, 9.17) is 9.97 Å². The minimum Gasteiger partial charge on any atom is -0.295 e. The second-order valence-corrected chi connectivity index (χ2v) is 11.7. The van der Waals surface area contributed by atoms with Crippen LogP contribution in [0.5, 0.6) is 0 Å². The van der Waals surface area contributed by atoms with Gasteiger partial charge in [-0.1, -0.05) is 95.2 Å². The third kappa shape index (κ3) is 7.04. The first kappa shape index (κ1) is 31.0. The molecule has 35 heavy (non-hydrogen) atoms. The molecule has 0 spiro atoms. The van der Waals surface area contributed by atoms with E-state index in [9.17, 15) is 0 Å². The van der Waals surface area contributed by atoms with Crippen LogP contribution in [0.3, 0.4) is 0 Å². The van der Waals surface area contributed by atoms with Crippen LogP contribution < -0.4 is 0 Å². The van der Waals surface area contributed by atoms with Gasteiger partial charge in [0.15, 0.2) is 0 Å². The molecule has 1 unspecified atom stereocenters. The minimum atomic E-state index is -0.0122. The molecule has 1 aromatic carbocycles. The summed E-state index contributed by atoms with van der Waals surface area (Å²) in [6.07, 6.45) is 2.32. The van der Waals surface area contributed by atoms with Crippen LogP contribution in [0.2, 0.25) is 0 Å². The molecule has 194 valence electrons. The molecule has 3 aromatic heterocycles. The Balaban J connectivity index is 0.000000684. The van der Waals surface area contributed by atoms with E-state index >= 15 is 0 Å². The Morgan fingerprint density at radius 1 is 0.800 bits per heavy atom. The molecule has 0 aliphatic heterocycles. The number of nitrogens with zero attached hydrogens (tertiary/aromatic N) is 3. The Kier molecular flexibility index (Phi) is 11.8. The van der Waals surface area contributed by atoms with Crippen LogP contribution in [0.25, 0.3) is 27.6 Å². The molecule has 0 N–H and O–H groups in total. The highest BCUT2D eigenvalue weighted by Crippen LogP contribution is 2.35. The summed E-state index contributed by atoms with van der Waals surface area (Å²) in [5.41, 5.74) is 8.03. The van der Waals surface area contributed by atoms with Gasteiger partial charge in [0.25, 0.3) is 0 Å². The van der Waals surface area contributed by atoms with E-state index in [1.165, 1.54) is 28.3 Å². The summed E-state index contributed by atoms with van der Waals surface area (Å²) in [6, 6.07) is 13.0. The summed E-state index contributed by atoms with van der Waals surface area (Å²) in [5.74, 6) is 0. The van der Waals surface area contributed by atoms with E-state index in [1.54, 1.807) is 0 Å². The molecular weight excluding hydrogens is 445 g/mol. The van der Waals surface area contributed by atoms with Gasteiger partial charge in [-0.15, -0.1) is 8.58 Å². The van der Waals surface area contributed by atoms with Gasteiger partial charge in [0.2, 0.25) is 0 Å². The van der Waals surface area contributed by atoms with Crippen molar-refractivity contribution in [2.75, 3.05) is 12.8 Å². The summed E-state index contributed by atoms with van der Waals surface area (Å²) < 4.78 is 2.34. The number of imidazole rings is 1. The van der Waals surface area contributed by atoms with Gasteiger partial charge in [-0.3, -0.25) is 9.38 Å². The summed E-state index contributed by atoms with van der Waals surface area (Å²) in [7, 11) is 1.14. The van der Waals surface area contributed by atoms with Crippen LogP contribution in [0.15, 0.2) is 36.4 Å². The van der Waals surface area contributed by atoms with Crippen molar-refractivity contribution in [1.29, 1.82) is 0 Å². The predicted octanol–water partition coefficient (Wildman–Crippen LogP) is 9.56. The summed E-state index contributed by atoms with van der Waals surface area (Å²) >= 11 is 0. The number of rotatable bonds is 2. The van der Waals surface area contributed by atoms with Crippen molar-refractivity contribution in [2.24, 2.45) is 0 Å². The van der Waals surface area contributed by atoms with Crippen molar-refractivity contribution in [3.8, 4) is 0 Å². The largest absolute Gasteiger partial charge is 0.295 e. The first-order valence-corrected chi connectivity index (χ1v) is 15.1. The predicted molar refractivity (Wildman–Crippen MR) is 162 cm³/mol. The Bertz CT molecular complexity index is 1210. The van der Waals surface area contributed by atoms with Crippen LogP contribution in [-0.4, -0.2) is 27.2 Å². The normalized spacial score (nSPS) is 11.7. The number of fused-ring (bicyclic) bond motifs is 5. The molecular formula is C31H50N3P. The summed E-state index contributed by atoms with van der Waals surface area (Å²) in [5, 5.41) is 1.19. The molecule has 0 radical (unpaired) electrons. The summed E-state index contributed by atoms with van der Waals surface area (Å²) in [4.78, 5) is 10.1. The zero-order valence-corrected chi connectivity index (χ0v) is 25.7. The van der Waals surface area contributed by atoms with Crippen LogP contribution in [0.1, 0.15) is 100 Å². The van der Waals surface area contributed by atoms with Gasteiger partial charge in [-0.05, 0) is 49.1 Å². The molecule has 3 heterocycles. The lowest BCUT2D eigenvalue weighted by molar-refractivity contribution is 0.562. The third-order valence-corrected chi connectivity index (χ3v) is 6.41. The van der Waals surface area contributed by atoms with Gasteiger partial charge in [-0.2, -0.15) is 0 Å². The highest BCUT2D eigenvalue weighted by molar-refractivity contribution is 7.36. The van der Waals surface area contributed by atoms with Crippen LogP contribution >= 0.6 is 8.58 Å². The molecule has 0 saturated heterocycles. The van der Waals surface area contributed by atoms with Gasteiger partial charge in [0.1, 0.15) is 5.65 Å². The van der Waals surface area contributed by atoms with Crippen molar-refractivity contribution >= 4 is 36.2 Å². The maximum atomic E-state index is 5.10. The maximum absolute atomic E-state index is 5.10. The lowest BCUT2D eigenvalue weighted by atomic mass is 9.88. The second kappa shape index (κ2) is 13.4. The Labute approximate surface area is 216 Å². The number of aromatic nitrogens is 3. The Morgan fingerprint density at radius 3 is 1.86 bits per heavy atom. The van der Waals surface area contributed by atoms with Crippen molar-refractivity contribution in [3.63, 3.8) is 0 Å². The average Bonchev–Trinajstić information content (AvgIpc) is 3.23. The van der Waals surface area contributed by atoms with Gasteiger partial charge in [0.05, 0.1) is 16.6 Å². The van der Waals surface area contributed by atoms with E-state index in [0.717, 1.165) is 37.4 Å². The maximum Gasteiger partial charge on any atom is 0.147 e. The zero-order chi connectivity index (χ0) is 27.0. The molecule has 0 amide bonds. The minimum absolute atomic E-state index is 0.0122. The molecule has 1 atom stereocenters. The first-order chi connectivity index (χ1) is 16.5. The second-order valence-electron chi connectivity index (χ2n) is 10.3. The molecule has 0 fully saturated rings. The fraction of sp³-hybridized carbons (Fsp3) is 0.548. The first-order valence-electron chi connectivity index (χ1n) is 13.4. The molecule has 4 rings (SSSR count). The monoisotopic (exact) mass is 495 g/mol. The van der Waals surface area contributed by atoms with Gasteiger partial charge >= 0.3 is 0 Å². The molecule has 0 aliphatic carbocycles. The van der Waals surface area contributed by atoms with Gasteiger partial charge in [-0.25, -0.2) is 4.98 Å². The Morgan fingerprint density at radius 2 is 1.37 bits per heavy atom. The van der Waals surface area contributed by atoms with Gasteiger partial charge < -0.3 is 0 Å². The topological polar surface area (TPSA) is 30.2 Å². The molecule has 0 aliphatic rings. The smallest absolute Gasteiger partial charge is 0.147 e. The number of pyridine rings is 2. The molecule has 3 nitrogen and oxygen atoms in total. The van der Waals surface area contributed by atoms with Gasteiger partial charge in [0, 0.05) is 27.6 Å². The highest BCUT2D eigenvalue weighted by atomic mass is 31.1.